The lowest BCUT2D eigenvalue weighted by Crippen LogP contribution is -2.27. The molecule has 1 atom stereocenters. The highest BCUT2D eigenvalue weighted by molar-refractivity contribution is 5.40. The highest BCUT2D eigenvalue weighted by atomic mass is 16.3. The zero-order valence-corrected chi connectivity index (χ0v) is 11.2. The lowest BCUT2D eigenvalue weighted by atomic mass is 9.99. The third kappa shape index (κ3) is 2.26. The third-order valence-corrected chi connectivity index (χ3v) is 4.67. The van der Waals surface area contributed by atoms with Crippen molar-refractivity contribution in [3.63, 3.8) is 0 Å². The Morgan fingerprint density at radius 2 is 2.22 bits per heavy atom. The average molecular weight is 245 g/mol. The molecule has 1 unspecified atom stereocenters. The third-order valence-electron chi connectivity index (χ3n) is 4.67. The minimum Gasteiger partial charge on any atom is -0.508 e. The minimum atomic E-state index is 0.402. The second-order valence-electron chi connectivity index (χ2n) is 6.11. The predicted molar refractivity (Wildman–Crippen MR) is 73.7 cm³/mol. The van der Waals surface area contributed by atoms with E-state index in [0.29, 0.717) is 17.2 Å². The van der Waals surface area contributed by atoms with Crippen LogP contribution in [0.3, 0.4) is 0 Å². The lowest BCUT2D eigenvalue weighted by Gasteiger charge is -2.20. The highest BCUT2D eigenvalue weighted by Gasteiger charge is 2.41. The van der Waals surface area contributed by atoms with Crippen LogP contribution in [-0.4, -0.2) is 11.7 Å². The Morgan fingerprint density at radius 1 is 1.39 bits per heavy atom. The predicted octanol–water partition coefficient (Wildman–Crippen LogP) is 3.55. The van der Waals surface area contributed by atoms with E-state index in [0.717, 1.165) is 6.42 Å². The van der Waals surface area contributed by atoms with Gasteiger partial charge in [-0.3, -0.25) is 0 Å². The van der Waals surface area contributed by atoms with Crippen molar-refractivity contribution in [2.75, 3.05) is 6.54 Å². The van der Waals surface area contributed by atoms with Gasteiger partial charge in [0, 0.05) is 12.6 Å². The van der Waals surface area contributed by atoms with E-state index < -0.39 is 0 Å². The number of aryl methyl sites for hydroxylation is 1. The standard InChI is InChI=1S/C16H23NO/c1-2-7-16(8-9-16)11-17-15-6-3-12-10-13(18)4-5-14(12)15/h4-5,10,15,17-18H,2-3,6-9,11H2,1H3. The van der Waals surface area contributed by atoms with Crippen molar-refractivity contribution in [2.45, 2.75) is 51.5 Å². The van der Waals surface area contributed by atoms with Gasteiger partial charge in [-0.25, -0.2) is 0 Å². The van der Waals surface area contributed by atoms with Crippen molar-refractivity contribution in [2.24, 2.45) is 5.41 Å². The van der Waals surface area contributed by atoms with Crippen molar-refractivity contribution in [1.29, 1.82) is 0 Å². The van der Waals surface area contributed by atoms with Gasteiger partial charge in [0.2, 0.25) is 0 Å². The zero-order valence-electron chi connectivity index (χ0n) is 11.2. The maximum atomic E-state index is 9.50. The fraction of sp³-hybridized carbons (Fsp3) is 0.625. The molecule has 2 aliphatic rings. The molecule has 2 N–H and O–H groups in total. The molecule has 2 nitrogen and oxygen atoms in total. The van der Waals surface area contributed by atoms with Gasteiger partial charge in [0.05, 0.1) is 0 Å². The number of nitrogens with one attached hydrogen (secondary N) is 1. The fourth-order valence-corrected chi connectivity index (χ4v) is 3.38. The monoisotopic (exact) mass is 245 g/mol. The number of hydrogen-bond acceptors (Lipinski definition) is 2. The summed E-state index contributed by atoms with van der Waals surface area (Å²) in [5.41, 5.74) is 3.35. The molecule has 0 amide bonds. The first-order valence-electron chi connectivity index (χ1n) is 7.28. The average Bonchev–Trinajstić information content (AvgIpc) is 3.00. The van der Waals surface area contributed by atoms with Crippen LogP contribution in [0.15, 0.2) is 18.2 Å². The van der Waals surface area contributed by atoms with Gasteiger partial charge in [0.15, 0.2) is 0 Å². The van der Waals surface area contributed by atoms with Crippen molar-refractivity contribution in [3.05, 3.63) is 29.3 Å². The summed E-state index contributed by atoms with van der Waals surface area (Å²) in [7, 11) is 0. The van der Waals surface area contributed by atoms with Crippen LogP contribution in [0.5, 0.6) is 5.75 Å². The molecule has 0 aromatic heterocycles. The number of fused-ring (bicyclic) bond motifs is 1. The molecule has 0 saturated heterocycles. The Kier molecular flexibility index (Phi) is 3.06. The van der Waals surface area contributed by atoms with Crippen molar-refractivity contribution >= 4 is 0 Å². The molecule has 98 valence electrons. The summed E-state index contributed by atoms with van der Waals surface area (Å²) in [6.07, 6.45) is 7.77. The van der Waals surface area contributed by atoms with Gasteiger partial charge in [-0.15, -0.1) is 0 Å². The van der Waals surface area contributed by atoms with E-state index in [1.54, 1.807) is 0 Å². The quantitative estimate of drug-likeness (QED) is 0.831. The Balaban J connectivity index is 1.63. The van der Waals surface area contributed by atoms with Crippen molar-refractivity contribution < 1.29 is 5.11 Å². The maximum Gasteiger partial charge on any atom is 0.115 e. The van der Waals surface area contributed by atoms with E-state index in [1.165, 1.54) is 49.8 Å². The fourth-order valence-electron chi connectivity index (χ4n) is 3.38. The van der Waals surface area contributed by atoms with E-state index >= 15 is 0 Å². The molecule has 1 aromatic rings. The van der Waals surface area contributed by atoms with Gasteiger partial charge in [-0.1, -0.05) is 19.4 Å². The van der Waals surface area contributed by atoms with Crippen LogP contribution in [0.1, 0.15) is 56.2 Å². The van der Waals surface area contributed by atoms with E-state index in [4.69, 9.17) is 0 Å². The summed E-state index contributed by atoms with van der Waals surface area (Å²) in [6.45, 7) is 3.46. The van der Waals surface area contributed by atoms with Crippen LogP contribution in [0, 0.1) is 5.41 Å². The Hall–Kier alpha value is -1.02. The van der Waals surface area contributed by atoms with E-state index in [2.05, 4.69) is 18.3 Å². The molecule has 18 heavy (non-hydrogen) atoms. The lowest BCUT2D eigenvalue weighted by molar-refractivity contribution is 0.387. The zero-order chi connectivity index (χ0) is 12.6. The number of phenols is 1. The summed E-state index contributed by atoms with van der Waals surface area (Å²) >= 11 is 0. The number of hydrogen-bond donors (Lipinski definition) is 2. The van der Waals surface area contributed by atoms with Gasteiger partial charge >= 0.3 is 0 Å². The summed E-state index contributed by atoms with van der Waals surface area (Å²) in [4.78, 5) is 0. The molecule has 1 aromatic carbocycles. The van der Waals surface area contributed by atoms with Crippen LogP contribution in [0.25, 0.3) is 0 Å². The summed E-state index contributed by atoms with van der Waals surface area (Å²) in [6, 6.07) is 6.34. The normalized spacial score (nSPS) is 23.9. The van der Waals surface area contributed by atoms with E-state index in [-0.39, 0.29) is 0 Å². The molecule has 2 heteroatoms. The molecule has 0 radical (unpaired) electrons. The molecule has 0 aliphatic heterocycles. The topological polar surface area (TPSA) is 32.3 Å². The van der Waals surface area contributed by atoms with Crippen LogP contribution >= 0.6 is 0 Å². The molecule has 3 rings (SSSR count). The summed E-state index contributed by atoms with van der Waals surface area (Å²) in [5, 5.41) is 13.3. The molecule has 1 saturated carbocycles. The maximum absolute atomic E-state index is 9.50. The van der Waals surface area contributed by atoms with Gasteiger partial charge in [0.25, 0.3) is 0 Å². The Morgan fingerprint density at radius 3 is 2.94 bits per heavy atom. The van der Waals surface area contributed by atoms with Crippen LogP contribution in [0.4, 0.5) is 0 Å². The molecular formula is C16H23NO. The molecular weight excluding hydrogens is 222 g/mol. The second kappa shape index (κ2) is 4.58. The van der Waals surface area contributed by atoms with E-state index in [9.17, 15) is 5.11 Å². The highest BCUT2D eigenvalue weighted by Crippen LogP contribution is 2.49. The molecule has 0 heterocycles. The van der Waals surface area contributed by atoms with Crippen LogP contribution in [-0.2, 0) is 6.42 Å². The van der Waals surface area contributed by atoms with Gasteiger partial charge in [-0.2, -0.15) is 0 Å². The molecule has 0 bridgehead atoms. The SMILES string of the molecule is CCCC1(CNC2CCc3cc(O)ccc32)CC1. The molecule has 1 fully saturated rings. The van der Waals surface area contributed by atoms with Gasteiger partial charge in [-0.05, 0) is 60.8 Å². The van der Waals surface area contributed by atoms with Crippen LogP contribution in [0.2, 0.25) is 0 Å². The van der Waals surface area contributed by atoms with Crippen molar-refractivity contribution in [1.82, 2.24) is 5.32 Å². The number of phenolic OH excluding ortho intramolecular Hbond substituents is 1. The van der Waals surface area contributed by atoms with E-state index in [1.807, 2.05) is 12.1 Å². The molecule has 2 aliphatic carbocycles. The van der Waals surface area contributed by atoms with Crippen molar-refractivity contribution in [3.8, 4) is 5.75 Å². The number of rotatable bonds is 5. The molecule has 0 spiro atoms. The first kappa shape index (κ1) is 12.0. The van der Waals surface area contributed by atoms with Crippen LogP contribution < -0.4 is 5.32 Å². The second-order valence-corrected chi connectivity index (χ2v) is 6.11. The first-order chi connectivity index (χ1) is 8.72. The number of aromatic hydroxyl groups is 1. The largest absolute Gasteiger partial charge is 0.508 e. The van der Waals surface area contributed by atoms with Gasteiger partial charge < -0.3 is 10.4 Å². The summed E-state index contributed by atoms with van der Waals surface area (Å²) in [5.74, 6) is 0.402. The summed E-state index contributed by atoms with van der Waals surface area (Å²) < 4.78 is 0. The van der Waals surface area contributed by atoms with Gasteiger partial charge in [0.1, 0.15) is 5.75 Å². The Bertz CT molecular complexity index is 437. The Labute approximate surface area is 109 Å². The number of benzene rings is 1. The first-order valence-corrected chi connectivity index (χ1v) is 7.28. The smallest absolute Gasteiger partial charge is 0.115 e. The minimum absolute atomic E-state index is 0.402.